The first-order valence-electron chi connectivity index (χ1n) is 12.0. The third-order valence-electron chi connectivity index (χ3n) is 7.36. The smallest absolute Gasteiger partial charge is 0.253 e. The number of hydrogen-bond acceptors (Lipinski definition) is 5. The minimum atomic E-state index is -3.60. The van der Waals surface area contributed by atoms with Gasteiger partial charge < -0.3 is 10.0 Å². The number of piperidine rings is 1. The van der Waals surface area contributed by atoms with Crippen LogP contribution in [0.25, 0.3) is 10.9 Å². The molecule has 1 N–H and O–H groups in total. The Morgan fingerprint density at radius 3 is 2.41 bits per heavy atom. The van der Waals surface area contributed by atoms with Crippen molar-refractivity contribution in [1.82, 2.24) is 9.88 Å². The molecule has 0 unspecified atom stereocenters. The predicted octanol–water partition coefficient (Wildman–Crippen LogP) is 4.37. The van der Waals surface area contributed by atoms with E-state index < -0.39 is 15.4 Å². The molecule has 1 aliphatic heterocycles. The van der Waals surface area contributed by atoms with Gasteiger partial charge in [-0.2, -0.15) is 0 Å². The van der Waals surface area contributed by atoms with Crippen LogP contribution in [0.2, 0.25) is 0 Å². The standard InChI is InChI=1S/C27H30N2O4S/c30-26(29-16-13-27(31,14-17-29)18-20-4-1-5-20)23-11-9-21(10-12-23)19-34(32,33)24-8-2-6-22-7-3-15-28-25(22)24/h2-3,6-12,15,20,31H,1,4-5,13-14,16-19H2. The van der Waals surface area contributed by atoms with Crippen molar-refractivity contribution in [1.29, 1.82) is 0 Å². The van der Waals surface area contributed by atoms with Gasteiger partial charge in [0.05, 0.1) is 21.8 Å². The summed E-state index contributed by atoms with van der Waals surface area (Å²) >= 11 is 0. The molecule has 1 aliphatic carbocycles. The first-order valence-corrected chi connectivity index (χ1v) is 13.7. The monoisotopic (exact) mass is 478 g/mol. The molecule has 3 aromatic rings. The van der Waals surface area contributed by atoms with Gasteiger partial charge in [-0.05, 0) is 55.0 Å². The van der Waals surface area contributed by atoms with Gasteiger partial charge in [0, 0.05) is 30.2 Å². The fraction of sp³-hybridized carbons (Fsp3) is 0.407. The van der Waals surface area contributed by atoms with Crippen LogP contribution in [0, 0.1) is 5.92 Å². The Balaban J connectivity index is 1.24. The lowest BCUT2D eigenvalue weighted by Gasteiger charge is -2.41. The maximum atomic E-state index is 13.1. The zero-order chi connectivity index (χ0) is 23.8. The zero-order valence-electron chi connectivity index (χ0n) is 19.2. The molecule has 1 saturated heterocycles. The van der Waals surface area contributed by atoms with Gasteiger partial charge >= 0.3 is 0 Å². The zero-order valence-corrected chi connectivity index (χ0v) is 20.0. The van der Waals surface area contributed by atoms with Crippen LogP contribution in [0.5, 0.6) is 0 Å². The van der Waals surface area contributed by atoms with Crippen LogP contribution in [0.4, 0.5) is 0 Å². The highest BCUT2D eigenvalue weighted by Crippen LogP contribution is 2.38. The van der Waals surface area contributed by atoms with E-state index in [1.807, 2.05) is 12.1 Å². The van der Waals surface area contributed by atoms with E-state index in [-0.39, 0.29) is 16.6 Å². The van der Waals surface area contributed by atoms with Gasteiger partial charge in [-0.15, -0.1) is 0 Å². The Labute approximate surface area is 200 Å². The molecule has 1 saturated carbocycles. The molecule has 2 aromatic carbocycles. The Hall–Kier alpha value is -2.77. The molecular formula is C27H30N2O4S. The summed E-state index contributed by atoms with van der Waals surface area (Å²) < 4.78 is 26.2. The number of benzene rings is 2. The fourth-order valence-corrected chi connectivity index (χ4v) is 6.65. The average Bonchev–Trinajstić information content (AvgIpc) is 2.81. The Bertz CT molecular complexity index is 1290. The van der Waals surface area contributed by atoms with E-state index in [0.29, 0.717) is 48.5 Å². The molecule has 2 fully saturated rings. The van der Waals surface area contributed by atoms with Crippen molar-refractivity contribution < 1.29 is 18.3 Å². The summed E-state index contributed by atoms with van der Waals surface area (Å²) in [5, 5.41) is 11.7. The molecule has 178 valence electrons. The highest BCUT2D eigenvalue weighted by molar-refractivity contribution is 7.90. The van der Waals surface area contributed by atoms with Gasteiger partial charge in [-0.25, -0.2) is 8.42 Å². The molecular weight excluding hydrogens is 448 g/mol. The quantitative estimate of drug-likeness (QED) is 0.569. The van der Waals surface area contributed by atoms with Gasteiger partial charge in [-0.1, -0.05) is 49.6 Å². The number of para-hydroxylation sites is 1. The minimum Gasteiger partial charge on any atom is -0.390 e. The van der Waals surface area contributed by atoms with Crippen LogP contribution in [0.15, 0.2) is 65.7 Å². The van der Waals surface area contributed by atoms with Crippen LogP contribution >= 0.6 is 0 Å². The number of rotatable bonds is 6. The van der Waals surface area contributed by atoms with Crippen LogP contribution in [-0.4, -0.2) is 48.0 Å². The summed E-state index contributed by atoms with van der Waals surface area (Å²) in [4.78, 5) is 19.3. The number of sulfone groups is 1. The van der Waals surface area contributed by atoms with Gasteiger partial charge in [0.25, 0.3) is 5.91 Å². The van der Waals surface area contributed by atoms with E-state index in [2.05, 4.69) is 4.98 Å². The van der Waals surface area contributed by atoms with Gasteiger partial charge in [-0.3, -0.25) is 9.78 Å². The Morgan fingerprint density at radius 1 is 1.03 bits per heavy atom. The summed E-state index contributed by atoms with van der Waals surface area (Å²) in [6, 6.07) is 15.6. The number of pyridine rings is 1. The van der Waals surface area contributed by atoms with E-state index in [1.165, 1.54) is 19.3 Å². The number of nitrogens with zero attached hydrogens (tertiary/aromatic N) is 2. The summed E-state index contributed by atoms with van der Waals surface area (Å²) in [5.41, 5.74) is 0.992. The predicted molar refractivity (Wildman–Crippen MR) is 131 cm³/mol. The van der Waals surface area contributed by atoms with Crippen LogP contribution < -0.4 is 0 Å². The average molecular weight is 479 g/mol. The highest BCUT2D eigenvalue weighted by atomic mass is 32.2. The molecule has 7 heteroatoms. The van der Waals surface area contributed by atoms with Crippen molar-refractivity contribution in [3.8, 4) is 0 Å². The summed E-state index contributed by atoms with van der Waals surface area (Å²) in [6.07, 6.45) is 7.37. The fourth-order valence-electron chi connectivity index (χ4n) is 5.11. The van der Waals surface area contributed by atoms with E-state index in [0.717, 1.165) is 11.8 Å². The number of fused-ring (bicyclic) bond motifs is 1. The lowest BCUT2D eigenvalue weighted by Crippen LogP contribution is -2.47. The van der Waals surface area contributed by atoms with Crippen molar-refractivity contribution in [2.24, 2.45) is 5.92 Å². The lowest BCUT2D eigenvalue weighted by atomic mass is 9.74. The SMILES string of the molecule is O=C(c1ccc(CS(=O)(=O)c2cccc3cccnc23)cc1)N1CCC(O)(CC2CCC2)CC1. The summed E-state index contributed by atoms with van der Waals surface area (Å²) in [6.45, 7) is 1.10. The third kappa shape index (κ3) is 4.72. The molecule has 6 nitrogen and oxygen atoms in total. The second-order valence-electron chi connectivity index (χ2n) is 9.80. The number of aliphatic hydroxyl groups is 1. The van der Waals surface area contributed by atoms with E-state index in [4.69, 9.17) is 0 Å². The Morgan fingerprint density at radius 2 is 1.74 bits per heavy atom. The molecule has 0 bridgehead atoms. The first kappa shape index (κ1) is 23.0. The number of carbonyl (C=O) groups is 1. The maximum absolute atomic E-state index is 13.1. The number of amides is 1. The Kier molecular flexibility index (Phi) is 6.16. The maximum Gasteiger partial charge on any atom is 0.253 e. The van der Waals surface area contributed by atoms with Gasteiger partial charge in [0.2, 0.25) is 0 Å². The summed E-state index contributed by atoms with van der Waals surface area (Å²) in [5.74, 6) is 0.411. The second kappa shape index (κ2) is 9.12. The molecule has 1 aromatic heterocycles. The van der Waals surface area contributed by atoms with Crippen LogP contribution in [0.3, 0.4) is 0 Å². The van der Waals surface area contributed by atoms with Crippen molar-refractivity contribution in [2.75, 3.05) is 13.1 Å². The van der Waals surface area contributed by atoms with Gasteiger partial charge in [0.1, 0.15) is 0 Å². The number of aromatic nitrogens is 1. The third-order valence-corrected chi connectivity index (χ3v) is 9.08. The van der Waals surface area contributed by atoms with Crippen molar-refractivity contribution in [2.45, 2.75) is 54.8 Å². The molecule has 5 rings (SSSR count). The second-order valence-corrected chi connectivity index (χ2v) is 11.8. The van der Waals surface area contributed by atoms with E-state index in [9.17, 15) is 18.3 Å². The molecule has 34 heavy (non-hydrogen) atoms. The normalized spacial score (nSPS) is 18.6. The number of hydrogen-bond donors (Lipinski definition) is 1. The van der Waals surface area contributed by atoms with Crippen LogP contribution in [0.1, 0.15) is 54.4 Å². The largest absolute Gasteiger partial charge is 0.390 e. The van der Waals surface area contributed by atoms with Gasteiger partial charge in [0.15, 0.2) is 9.84 Å². The minimum absolute atomic E-state index is 0.0710. The highest BCUT2D eigenvalue weighted by Gasteiger charge is 2.37. The number of carbonyl (C=O) groups excluding carboxylic acids is 1. The summed E-state index contributed by atoms with van der Waals surface area (Å²) in [7, 11) is -3.60. The topological polar surface area (TPSA) is 87.6 Å². The molecule has 0 spiro atoms. The van der Waals surface area contributed by atoms with Crippen molar-refractivity contribution in [3.05, 3.63) is 71.9 Å². The molecule has 0 radical (unpaired) electrons. The lowest BCUT2D eigenvalue weighted by molar-refractivity contribution is -0.0419. The number of likely N-dealkylation sites (tertiary alicyclic amines) is 1. The van der Waals surface area contributed by atoms with E-state index >= 15 is 0 Å². The molecule has 2 heterocycles. The van der Waals surface area contributed by atoms with E-state index in [1.54, 1.807) is 53.6 Å². The molecule has 0 atom stereocenters. The van der Waals surface area contributed by atoms with Crippen molar-refractivity contribution >= 4 is 26.6 Å². The first-order chi connectivity index (χ1) is 16.3. The molecule has 1 amide bonds. The van der Waals surface area contributed by atoms with Crippen LogP contribution in [-0.2, 0) is 15.6 Å². The van der Waals surface area contributed by atoms with Crippen molar-refractivity contribution in [3.63, 3.8) is 0 Å². The molecule has 2 aliphatic rings.